The molecular formula is C38H67NO13. The zero-order valence-corrected chi connectivity index (χ0v) is 33.3. The maximum atomic E-state index is 14.1. The van der Waals surface area contributed by atoms with Crippen LogP contribution in [0.15, 0.2) is 11.3 Å². The molecule has 0 aliphatic carbocycles. The minimum absolute atomic E-state index is 0.118. The molecule has 3 saturated heterocycles. The molecule has 4 heterocycles. The number of fused-ring (bicyclic) bond motifs is 2. The average molecular weight is 746 g/mol. The third-order valence-corrected chi connectivity index (χ3v) is 12.2. The van der Waals surface area contributed by atoms with E-state index in [1.807, 2.05) is 48.6 Å². The highest BCUT2D eigenvalue weighted by Gasteiger charge is 2.56. The number of cyclic esters (lactones) is 1. The van der Waals surface area contributed by atoms with Crippen molar-refractivity contribution in [2.45, 2.75) is 199 Å². The fraction of sp³-hybridized carbons (Fsp3) is 0.921. The van der Waals surface area contributed by atoms with Crippen molar-refractivity contribution in [2.75, 3.05) is 7.05 Å². The summed E-state index contributed by atoms with van der Waals surface area (Å²) in [5, 5.41) is 67.7. The van der Waals surface area contributed by atoms with Crippen LogP contribution in [0.1, 0.15) is 102 Å². The van der Waals surface area contributed by atoms with Crippen molar-refractivity contribution in [1.29, 1.82) is 0 Å². The number of hydrogen-bond donors (Lipinski definition) is 6. The summed E-state index contributed by atoms with van der Waals surface area (Å²) in [4.78, 5) is 16.2. The molecule has 0 aromatic heterocycles. The van der Waals surface area contributed by atoms with E-state index < -0.39 is 102 Å². The number of rotatable bonds is 7. The number of esters is 1. The number of nitrogens with zero attached hydrogens (tertiary/aromatic N) is 1. The molecule has 0 radical (unpaired) electrons. The van der Waals surface area contributed by atoms with Gasteiger partial charge in [0.1, 0.15) is 35.3 Å². The first-order valence-corrected chi connectivity index (χ1v) is 18.9. The molecule has 3 fully saturated rings. The molecule has 14 nitrogen and oxygen atoms in total. The van der Waals surface area contributed by atoms with Crippen LogP contribution in [-0.2, 0) is 33.2 Å². The number of aliphatic hydroxyl groups excluding tert-OH is 4. The van der Waals surface area contributed by atoms with Gasteiger partial charge in [-0.05, 0) is 88.3 Å². The van der Waals surface area contributed by atoms with Crippen molar-refractivity contribution in [3.63, 3.8) is 0 Å². The summed E-state index contributed by atoms with van der Waals surface area (Å²) in [5.41, 5.74) is -4.05. The first-order chi connectivity index (χ1) is 23.8. The molecule has 0 amide bonds. The molecule has 52 heavy (non-hydrogen) atoms. The second-order valence-electron chi connectivity index (χ2n) is 17.2. The highest BCUT2D eigenvalue weighted by molar-refractivity contribution is 5.73. The molecule has 0 unspecified atom stereocenters. The van der Waals surface area contributed by atoms with Crippen molar-refractivity contribution in [1.82, 2.24) is 4.90 Å². The van der Waals surface area contributed by atoms with Gasteiger partial charge in [-0.2, -0.15) is 0 Å². The predicted molar refractivity (Wildman–Crippen MR) is 189 cm³/mol. The summed E-state index contributed by atoms with van der Waals surface area (Å²) in [5.74, 6) is -3.04. The van der Waals surface area contributed by atoms with Gasteiger partial charge in [0.15, 0.2) is 18.7 Å². The lowest BCUT2D eigenvalue weighted by Crippen LogP contribution is -2.61. The molecule has 4 rings (SSSR count). The summed E-state index contributed by atoms with van der Waals surface area (Å²) in [7, 11) is 1.95. The van der Waals surface area contributed by atoms with Crippen LogP contribution >= 0.6 is 0 Å². The zero-order chi connectivity index (χ0) is 39.4. The Bertz CT molecular complexity index is 1270. The van der Waals surface area contributed by atoms with Gasteiger partial charge in [0.05, 0.1) is 42.0 Å². The number of likely N-dealkylation sites (N-methyl/N-ethyl adjacent to an activating group) is 1. The molecule has 18 atom stereocenters. The average Bonchev–Trinajstić information content (AvgIpc) is 3.36. The minimum atomic E-state index is -2.12. The van der Waals surface area contributed by atoms with Crippen molar-refractivity contribution in [3.8, 4) is 0 Å². The van der Waals surface area contributed by atoms with Crippen LogP contribution in [0.3, 0.4) is 0 Å². The van der Waals surface area contributed by atoms with Crippen molar-refractivity contribution < 1.29 is 63.9 Å². The molecule has 0 saturated carbocycles. The van der Waals surface area contributed by atoms with Gasteiger partial charge in [0.25, 0.3) is 0 Å². The van der Waals surface area contributed by atoms with Crippen LogP contribution in [0.25, 0.3) is 0 Å². The Morgan fingerprint density at radius 2 is 1.54 bits per heavy atom. The fourth-order valence-electron chi connectivity index (χ4n) is 8.87. The molecular weight excluding hydrogens is 678 g/mol. The summed E-state index contributed by atoms with van der Waals surface area (Å²) in [6.45, 7) is 20.7. The van der Waals surface area contributed by atoms with Gasteiger partial charge in [-0.3, -0.25) is 9.69 Å². The van der Waals surface area contributed by atoms with Crippen LogP contribution in [0, 0.1) is 17.8 Å². The minimum Gasteiger partial charge on any atom is -0.489 e. The van der Waals surface area contributed by atoms with Gasteiger partial charge in [0, 0.05) is 36.8 Å². The van der Waals surface area contributed by atoms with Crippen LogP contribution in [0.5, 0.6) is 0 Å². The number of hydrogen-bond acceptors (Lipinski definition) is 14. The van der Waals surface area contributed by atoms with E-state index in [1.165, 1.54) is 20.8 Å². The smallest absolute Gasteiger partial charge is 0.311 e. The fourth-order valence-corrected chi connectivity index (χ4v) is 8.87. The molecule has 2 bridgehead atoms. The molecule has 302 valence electrons. The Balaban J connectivity index is 1.85. The summed E-state index contributed by atoms with van der Waals surface area (Å²) in [6, 6.07) is -0.151. The third-order valence-electron chi connectivity index (χ3n) is 12.2. The van der Waals surface area contributed by atoms with Crippen LogP contribution in [0.2, 0.25) is 0 Å². The van der Waals surface area contributed by atoms with E-state index in [9.17, 15) is 35.4 Å². The van der Waals surface area contributed by atoms with Crippen LogP contribution < -0.4 is 0 Å². The highest BCUT2D eigenvalue weighted by Crippen LogP contribution is 2.47. The topological polar surface area (TPSA) is 197 Å². The maximum absolute atomic E-state index is 14.1. The van der Waals surface area contributed by atoms with Gasteiger partial charge in [-0.25, -0.2) is 0 Å². The Hall–Kier alpha value is -1.43. The van der Waals surface area contributed by atoms with Crippen LogP contribution in [0.4, 0.5) is 0 Å². The monoisotopic (exact) mass is 745 g/mol. The van der Waals surface area contributed by atoms with E-state index in [4.69, 9.17) is 28.4 Å². The summed E-state index contributed by atoms with van der Waals surface area (Å²) >= 11 is 0. The second-order valence-corrected chi connectivity index (χ2v) is 17.2. The Labute approximate surface area is 309 Å². The highest BCUT2D eigenvalue weighted by atomic mass is 16.7. The molecule has 0 spiro atoms. The summed E-state index contributed by atoms with van der Waals surface area (Å²) in [6.07, 6.45) is -11.1. The Morgan fingerprint density at radius 1 is 0.923 bits per heavy atom. The molecule has 4 aliphatic rings. The Morgan fingerprint density at radius 3 is 2.10 bits per heavy atom. The van der Waals surface area contributed by atoms with Gasteiger partial charge < -0.3 is 59.1 Å². The van der Waals surface area contributed by atoms with E-state index in [0.717, 1.165) is 5.57 Å². The first kappa shape index (κ1) is 43.3. The van der Waals surface area contributed by atoms with Gasteiger partial charge in [-0.1, -0.05) is 13.8 Å². The molecule has 0 aromatic rings. The van der Waals surface area contributed by atoms with Gasteiger partial charge >= 0.3 is 5.97 Å². The van der Waals surface area contributed by atoms with Crippen molar-refractivity contribution in [3.05, 3.63) is 11.3 Å². The van der Waals surface area contributed by atoms with Crippen molar-refractivity contribution in [2.24, 2.45) is 17.8 Å². The van der Waals surface area contributed by atoms with E-state index in [0.29, 0.717) is 18.6 Å². The van der Waals surface area contributed by atoms with Crippen molar-refractivity contribution >= 4 is 5.97 Å². The van der Waals surface area contributed by atoms with E-state index in [1.54, 1.807) is 20.8 Å². The molecule has 6 N–H and O–H groups in total. The van der Waals surface area contributed by atoms with Crippen LogP contribution in [-0.4, -0.2) is 145 Å². The largest absolute Gasteiger partial charge is 0.489 e. The van der Waals surface area contributed by atoms with Gasteiger partial charge in [-0.15, -0.1) is 0 Å². The first-order valence-electron chi connectivity index (χ1n) is 18.9. The number of carbonyl (C=O) groups is 1. The number of aliphatic hydroxyl groups is 6. The molecule has 14 heteroatoms. The third kappa shape index (κ3) is 8.52. The normalized spacial score (nSPS) is 48.8. The maximum Gasteiger partial charge on any atom is 0.311 e. The lowest BCUT2D eigenvalue weighted by Gasteiger charge is -2.48. The van der Waals surface area contributed by atoms with Gasteiger partial charge in [0.2, 0.25) is 0 Å². The second kappa shape index (κ2) is 16.0. The molecule has 4 aliphatic heterocycles. The van der Waals surface area contributed by atoms with E-state index in [-0.39, 0.29) is 24.6 Å². The quantitative estimate of drug-likeness (QED) is 0.207. The predicted octanol–water partition coefficient (Wildman–Crippen LogP) is 1.99. The Kier molecular flexibility index (Phi) is 13.3. The number of ether oxygens (including phenoxy) is 6. The zero-order valence-electron chi connectivity index (χ0n) is 33.3. The standard InChI is InChI=1S/C38H67NO13/c1-17(2)39(13)25-14-19(4)47-35(27(25)41)51-32-21(6)29(49-26-16-36(10,45)31(43)24(9)48-26)22(7)34(44)50-33(23(8)40)38(12,46)30(42)20(5)28-18(3)15-37(32,11)52-28/h17,19-27,29-33,35,40-43,45-46H,14-16H2,1-13H3/t19-,20+,21+,22-,23-,24+,25+,26+,27-,29+,30-,31+,32-,33-,35+,36-,37-,38+/m1/s1. The summed E-state index contributed by atoms with van der Waals surface area (Å²) < 4.78 is 38.5. The van der Waals surface area contributed by atoms with E-state index >= 15 is 0 Å². The lowest BCUT2D eigenvalue weighted by molar-refractivity contribution is -0.316. The molecule has 0 aromatic carbocycles. The lowest BCUT2D eigenvalue weighted by atomic mass is 9.78. The number of carbonyl (C=O) groups excluding carboxylic acids is 1. The SMILES string of the molecule is CC1=C2O[C@](C)(C1)[C@H](O[C@@H]1O[C@H](C)C[C@H](N(C)C(C)C)[C@H]1O)[C@@H](C)[C@H](O[C@H]1C[C@@](C)(O)[C@@H](O)[C@H](C)O1)[C@@H](C)C(=O)O[C@H]([C@@H](C)O)[C@@](C)(O)[C@H](O)[C@H]2C. The van der Waals surface area contributed by atoms with E-state index in [2.05, 4.69) is 4.90 Å².